The van der Waals surface area contributed by atoms with Crippen LogP contribution in [-0.2, 0) is 11.2 Å². The van der Waals surface area contributed by atoms with Gasteiger partial charge in [0.05, 0.1) is 12.7 Å². The molecular formula is C27H31BN3O3. The third-order valence-corrected chi connectivity index (χ3v) is 6.08. The lowest BCUT2D eigenvalue weighted by Crippen LogP contribution is -2.48. The second-order valence-electron chi connectivity index (χ2n) is 8.81. The number of para-hydroxylation sites is 1. The number of hydrogen-bond acceptors (Lipinski definition) is 5. The number of pyridine rings is 1. The molecule has 2 aromatic carbocycles. The van der Waals surface area contributed by atoms with Crippen LogP contribution in [0.15, 0.2) is 73.1 Å². The van der Waals surface area contributed by atoms with E-state index in [0.717, 1.165) is 35.4 Å². The largest absolute Gasteiger partial charge is 0.456 e. The van der Waals surface area contributed by atoms with Gasteiger partial charge in [0.25, 0.3) is 0 Å². The van der Waals surface area contributed by atoms with Crippen LogP contribution in [0.5, 0.6) is 11.5 Å². The minimum absolute atomic E-state index is 0.0366. The minimum atomic E-state index is -0.310. The number of rotatable bonds is 12. The van der Waals surface area contributed by atoms with E-state index in [9.17, 15) is 9.82 Å². The number of aromatic nitrogens is 1. The zero-order valence-corrected chi connectivity index (χ0v) is 19.6. The number of carbonyl (C=O) groups is 1. The molecule has 7 heteroatoms. The fourth-order valence-electron chi connectivity index (χ4n) is 4.04. The summed E-state index contributed by atoms with van der Waals surface area (Å²) in [5.74, 6) is 1.70. The monoisotopic (exact) mass is 456 g/mol. The third kappa shape index (κ3) is 6.68. The number of aryl methyl sites for hydroxylation is 1. The van der Waals surface area contributed by atoms with Crippen molar-refractivity contribution < 1.29 is 14.6 Å². The fraction of sp³-hybridized carbons (Fsp3) is 0.333. The molecule has 1 saturated carbocycles. The highest BCUT2D eigenvalue weighted by Crippen LogP contribution is 2.35. The number of anilines is 1. The summed E-state index contributed by atoms with van der Waals surface area (Å²) in [6.07, 6.45) is 7.32. The van der Waals surface area contributed by atoms with Crippen molar-refractivity contribution in [1.82, 2.24) is 10.3 Å². The molecule has 1 radical (unpaired) electrons. The van der Waals surface area contributed by atoms with Gasteiger partial charge < -0.3 is 20.0 Å². The molecule has 0 spiro atoms. The summed E-state index contributed by atoms with van der Waals surface area (Å²) in [4.78, 5) is 19.0. The van der Waals surface area contributed by atoms with E-state index < -0.39 is 0 Å². The first-order chi connectivity index (χ1) is 16.6. The van der Waals surface area contributed by atoms with Crippen molar-refractivity contribution in [3.8, 4) is 11.5 Å². The molecule has 0 bridgehead atoms. The number of nitrogens with one attached hydrogen (secondary N) is 1. The van der Waals surface area contributed by atoms with Crippen LogP contribution in [0.3, 0.4) is 0 Å². The van der Waals surface area contributed by atoms with Crippen LogP contribution in [-0.4, -0.2) is 42.4 Å². The Balaban J connectivity index is 1.30. The van der Waals surface area contributed by atoms with E-state index in [2.05, 4.69) is 10.3 Å². The smallest absolute Gasteiger partial charge is 0.312 e. The van der Waals surface area contributed by atoms with Crippen molar-refractivity contribution >= 4 is 19.1 Å². The van der Waals surface area contributed by atoms with Gasteiger partial charge >= 0.3 is 7.48 Å². The Hall–Kier alpha value is -3.16. The molecule has 1 unspecified atom stereocenters. The lowest BCUT2D eigenvalue weighted by Gasteiger charge is -2.32. The van der Waals surface area contributed by atoms with Gasteiger partial charge in [-0.2, -0.15) is 0 Å². The molecule has 1 amide bonds. The molecule has 1 heterocycles. The molecule has 0 saturated heterocycles. The predicted molar refractivity (Wildman–Crippen MR) is 135 cm³/mol. The van der Waals surface area contributed by atoms with Gasteiger partial charge in [0, 0.05) is 17.8 Å². The summed E-state index contributed by atoms with van der Waals surface area (Å²) in [7, 11) is 1.18. The molecule has 1 atom stereocenters. The van der Waals surface area contributed by atoms with Crippen LogP contribution >= 0.6 is 0 Å². The highest BCUT2D eigenvalue weighted by molar-refractivity contribution is 6.31. The van der Waals surface area contributed by atoms with Crippen molar-refractivity contribution in [2.24, 2.45) is 5.92 Å². The number of amides is 1. The topological polar surface area (TPSA) is 74.7 Å². The van der Waals surface area contributed by atoms with Crippen molar-refractivity contribution in [2.75, 3.05) is 18.0 Å². The maximum Gasteiger partial charge on any atom is 0.312 e. The van der Waals surface area contributed by atoms with Gasteiger partial charge in [-0.1, -0.05) is 43.2 Å². The second kappa shape index (κ2) is 11.8. The Morgan fingerprint density at radius 3 is 2.62 bits per heavy atom. The molecule has 175 valence electrons. The SMILES string of the molecule is Cc1ccccc1N(C(=O)CNCCc1ccc(Oc2cccnc2)cc1)C([B]O)CC1CC1. The molecule has 4 rings (SSSR count). The number of hydrogen-bond donors (Lipinski definition) is 2. The highest BCUT2D eigenvalue weighted by atomic mass is 16.5. The van der Waals surface area contributed by atoms with E-state index in [4.69, 9.17) is 4.74 Å². The lowest BCUT2D eigenvalue weighted by atomic mass is 9.82. The average Bonchev–Trinajstić information content (AvgIpc) is 3.68. The summed E-state index contributed by atoms with van der Waals surface area (Å²) < 4.78 is 5.78. The number of carbonyl (C=O) groups excluding carboxylic acids is 1. The fourth-order valence-corrected chi connectivity index (χ4v) is 4.04. The van der Waals surface area contributed by atoms with Crippen molar-refractivity contribution in [2.45, 2.75) is 38.5 Å². The van der Waals surface area contributed by atoms with Gasteiger partial charge in [-0.15, -0.1) is 0 Å². The Morgan fingerprint density at radius 1 is 1.15 bits per heavy atom. The van der Waals surface area contributed by atoms with Gasteiger partial charge in [0.15, 0.2) is 0 Å². The average molecular weight is 456 g/mol. The van der Waals surface area contributed by atoms with Crippen LogP contribution in [0.4, 0.5) is 5.69 Å². The first-order valence-corrected chi connectivity index (χ1v) is 11.9. The molecular weight excluding hydrogens is 425 g/mol. The maximum absolute atomic E-state index is 13.2. The Morgan fingerprint density at radius 2 is 1.94 bits per heavy atom. The van der Waals surface area contributed by atoms with Crippen LogP contribution in [0.2, 0.25) is 0 Å². The summed E-state index contributed by atoms with van der Waals surface area (Å²) in [6, 6.07) is 19.5. The van der Waals surface area contributed by atoms with E-state index in [1.807, 2.05) is 67.6 Å². The molecule has 6 nitrogen and oxygen atoms in total. The van der Waals surface area contributed by atoms with Gasteiger partial charge in [-0.3, -0.25) is 9.78 Å². The number of nitrogens with zero attached hydrogens (tertiary/aromatic N) is 2. The van der Waals surface area contributed by atoms with E-state index in [1.54, 1.807) is 17.3 Å². The number of ether oxygens (including phenoxy) is 1. The quantitative estimate of drug-likeness (QED) is 0.317. The Labute approximate surface area is 202 Å². The van der Waals surface area contributed by atoms with Crippen LogP contribution in [0.25, 0.3) is 0 Å². The van der Waals surface area contributed by atoms with Gasteiger partial charge in [-0.25, -0.2) is 0 Å². The first-order valence-electron chi connectivity index (χ1n) is 11.9. The Bertz CT molecular complexity index is 1060. The molecule has 0 aliphatic heterocycles. The van der Waals surface area contributed by atoms with Crippen molar-refractivity contribution in [1.29, 1.82) is 0 Å². The van der Waals surface area contributed by atoms with Gasteiger partial charge in [0.1, 0.15) is 11.5 Å². The predicted octanol–water partition coefficient (Wildman–Crippen LogP) is 4.09. The zero-order chi connectivity index (χ0) is 23.8. The normalized spacial score (nSPS) is 13.8. The molecule has 1 aliphatic rings. The summed E-state index contributed by atoms with van der Waals surface area (Å²) in [6.45, 7) is 2.88. The minimum Gasteiger partial charge on any atom is -0.456 e. The van der Waals surface area contributed by atoms with E-state index in [-0.39, 0.29) is 18.4 Å². The molecule has 1 aromatic heterocycles. The van der Waals surface area contributed by atoms with Gasteiger partial charge in [-0.05, 0) is 73.7 Å². The number of benzene rings is 2. The third-order valence-electron chi connectivity index (χ3n) is 6.08. The molecule has 1 aliphatic carbocycles. The van der Waals surface area contributed by atoms with E-state index in [0.29, 0.717) is 18.2 Å². The molecule has 3 aromatic rings. The highest BCUT2D eigenvalue weighted by Gasteiger charge is 2.32. The summed E-state index contributed by atoms with van der Waals surface area (Å²) in [5.41, 5.74) is 3.03. The van der Waals surface area contributed by atoms with Crippen LogP contribution < -0.4 is 15.0 Å². The first kappa shape index (κ1) is 24.0. The van der Waals surface area contributed by atoms with Crippen LogP contribution in [0.1, 0.15) is 30.4 Å². The molecule has 1 fully saturated rings. The second-order valence-corrected chi connectivity index (χ2v) is 8.81. The van der Waals surface area contributed by atoms with Crippen molar-refractivity contribution in [3.63, 3.8) is 0 Å². The lowest BCUT2D eigenvalue weighted by molar-refractivity contribution is -0.118. The zero-order valence-electron chi connectivity index (χ0n) is 19.6. The molecule has 2 N–H and O–H groups in total. The Kier molecular flexibility index (Phi) is 8.33. The maximum atomic E-state index is 13.2. The van der Waals surface area contributed by atoms with Crippen LogP contribution in [0, 0.1) is 12.8 Å². The van der Waals surface area contributed by atoms with E-state index >= 15 is 0 Å². The summed E-state index contributed by atoms with van der Waals surface area (Å²) >= 11 is 0. The summed E-state index contributed by atoms with van der Waals surface area (Å²) in [5, 5.41) is 13.2. The van der Waals surface area contributed by atoms with Gasteiger partial charge in [0.2, 0.25) is 5.91 Å². The standard InChI is InChI=1S/C27H31BN3O3/c1-20-5-2-3-7-25(20)31(26(28-33)17-22-8-9-22)27(32)19-30-16-14-21-10-12-23(13-11-21)34-24-6-4-15-29-18-24/h2-7,10-13,15,18,22,26,30,33H,8-9,14,16-17,19H2,1H3. The van der Waals surface area contributed by atoms with Crippen molar-refractivity contribution in [3.05, 3.63) is 84.2 Å². The van der Waals surface area contributed by atoms with E-state index in [1.165, 1.54) is 20.3 Å². The molecule has 34 heavy (non-hydrogen) atoms.